The largest absolute Gasteiger partial charge is 0.511 e. The van der Waals surface area contributed by atoms with Crippen molar-refractivity contribution in [3.8, 4) is 0 Å². The number of nitrogen functional groups attached to an aromatic ring is 1. The molecule has 4 heterocycles. The van der Waals surface area contributed by atoms with Gasteiger partial charge < -0.3 is 30.2 Å². The van der Waals surface area contributed by atoms with Gasteiger partial charge in [0.1, 0.15) is 23.2 Å². The van der Waals surface area contributed by atoms with E-state index in [2.05, 4.69) is 25.8 Å². The number of aromatic nitrogens is 5. The molecule has 3 atom stereocenters. The Morgan fingerprint density at radius 2 is 2.02 bits per heavy atom. The highest BCUT2D eigenvalue weighted by molar-refractivity contribution is 8.01. The number of ether oxygens (including phenoxy) is 3. The molecule has 3 N–H and O–H groups in total. The van der Waals surface area contributed by atoms with Crippen molar-refractivity contribution in [2.45, 2.75) is 81.0 Å². The molecule has 0 radical (unpaired) electrons. The number of thiazole rings is 1. The zero-order valence-electron chi connectivity index (χ0n) is 25.7. The number of β-lactam (4-membered cyclic amide) rings is 1. The number of hydrogen-bond donors (Lipinski definition) is 2. The molecule has 1 saturated heterocycles. The second-order valence-corrected chi connectivity index (χ2v) is 14.1. The molecule has 46 heavy (non-hydrogen) atoms. The Labute approximate surface area is 278 Å². The number of carbonyl (C=O) groups is 4. The first-order valence-electron chi connectivity index (χ1n) is 14.9. The number of nitrogens with zero attached hydrogens (tertiary/aromatic N) is 7. The number of carbonyl (C=O) groups excluding carboxylic acids is 4. The van der Waals surface area contributed by atoms with Crippen LogP contribution in [0.25, 0.3) is 0 Å². The minimum absolute atomic E-state index is 0.0312. The van der Waals surface area contributed by atoms with E-state index in [1.807, 2.05) is 19.0 Å². The van der Waals surface area contributed by atoms with Gasteiger partial charge in [-0.3, -0.25) is 14.5 Å². The second-order valence-electron chi connectivity index (χ2n) is 11.2. The van der Waals surface area contributed by atoms with Crippen LogP contribution in [0.1, 0.15) is 44.7 Å². The molecule has 0 aromatic carbocycles. The molecule has 1 aliphatic carbocycles. The van der Waals surface area contributed by atoms with Crippen molar-refractivity contribution < 1.29 is 33.4 Å². The van der Waals surface area contributed by atoms with E-state index < -0.39 is 35.7 Å². The van der Waals surface area contributed by atoms with Crippen LogP contribution in [0, 0.1) is 0 Å². The maximum absolute atomic E-state index is 13.7. The topological polar surface area (TPSA) is 197 Å². The Bertz CT molecular complexity index is 1460. The van der Waals surface area contributed by atoms with Gasteiger partial charge in [-0.1, -0.05) is 18.7 Å². The van der Waals surface area contributed by atoms with Crippen LogP contribution in [-0.4, -0.2) is 115 Å². The first kappa shape index (κ1) is 33.9. The van der Waals surface area contributed by atoms with E-state index in [0.29, 0.717) is 39.6 Å². The van der Waals surface area contributed by atoms with Gasteiger partial charge in [0.15, 0.2) is 5.13 Å². The van der Waals surface area contributed by atoms with Crippen molar-refractivity contribution in [3.63, 3.8) is 0 Å². The molecule has 2 amide bonds. The normalized spacial score (nSPS) is 20.3. The molecule has 5 rings (SSSR count). The summed E-state index contributed by atoms with van der Waals surface area (Å²) in [6.45, 7) is 3.00. The summed E-state index contributed by atoms with van der Waals surface area (Å²) in [5.41, 5.74) is 6.85. The summed E-state index contributed by atoms with van der Waals surface area (Å²) in [5.74, 6) is -0.988. The molecule has 2 aromatic rings. The quantitative estimate of drug-likeness (QED) is 0.125. The van der Waals surface area contributed by atoms with Crippen molar-refractivity contribution in [3.05, 3.63) is 22.3 Å². The van der Waals surface area contributed by atoms with E-state index in [0.717, 1.165) is 32.2 Å². The molecular weight excluding hydrogens is 659 g/mol. The molecule has 0 spiro atoms. The van der Waals surface area contributed by atoms with Crippen molar-refractivity contribution in [1.29, 1.82) is 0 Å². The van der Waals surface area contributed by atoms with Crippen molar-refractivity contribution in [2.24, 2.45) is 0 Å². The van der Waals surface area contributed by atoms with E-state index in [9.17, 15) is 19.2 Å². The van der Waals surface area contributed by atoms with Gasteiger partial charge in [-0.15, -0.1) is 28.2 Å². The first-order valence-corrected chi connectivity index (χ1v) is 17.8. The number of tetrazole rings is 1. The Hall–Kier alpha value is -3.42. The molecule has 250 valence electrons. The minimum atomic E-state index is -1.22. The van der Waals surface area contributed by atoms with Crippen LogP contribution in [0.15, 0.2) is 21.8 Å². The summed E-state index contributed by atoms with van der Waals surface area (Å²) in [7, 11) is 3.90. The number of likely N-dealkylation sites (N-methyl/N-ethyl adjacent to an activating group) is 1. The molecule has 2 aromatic heterocycles. The number of hydrogen-bond acceptors (Lipinski definition) is 16. The van der Waals surface area contributed by atoms with E-state index in [-0.39, 0.29) is 30.5 Å². The Balaban J connectivity index is 1.30. The van der Waals surface area contributed by atoms with Crippen LogP contribution in [0.2, 0.25) is 0 Å². The molecule has 1 unspecified atom stereocenters. The number of fused-ring (bicyclic) bond motifs is 1. The fraction of sp³-hybridized carbons (Fsp3) is 0.630. The molecule has 0 bridgehead atoms. The van der Waals surface area contributed by atoms with Gasteiger partial charge in [-0.2, -0.15) is 0 Å². The van der Waals surface area contributed by atoms with Crippen LogP contribution in [0.5, 0.6) is 0 Å². The van der Waals surface area contributed by atoms with Crippen LogP contribution < -0.4 is 11.1 Å². The average Bonchev–Trinajstić information content (AvgIpc) is 3.79. The molecule has 2 aliphatic heterocycles. The molecule has 3 aliphatic rings. The maximum atomic E-state index is 13.7. The summed E-state index contributed by atoms with van der Waals surface area (Å²) in [6, 6.07) is -0.844. The maximum Gasteiger partial charge on any atom is 0.511 e. The van der Waals surface area contributed by atoms with Crippen LogP contribution >= 0.6 is 34.9 Å². The Morgan fingerprint density at radius 1 is 1.24 bits per heavy atom. The summed E-state index contributed by atoms with van der Waals surface area (Å²) in [4.78, 5) is 59.8. The van der Waals surface area contributed by atoms with E-state index >= 15 is 0 Å². The lowest BCUT2D eigenvalue weighted by Crippen LogP contribution is -2.70. The first-order chi connectivity index (χ1) is 22.1. The highest BCUT2D eigenvalue weighted by Gasteiger charge is 2.54. The van der Waals surface area contributed by atoms with E-state index in [4.69, 9.17) is 19.9 Å². The molecule has 2 fully saturated rings. The number of nitrogens with one attached hydrogen (secondary N) is 1. The Morgan fingerprint density at radius 3 is 2.72 bits per heavy atom. The van der Waals surface area contributed by atoms with Crippen molar-refractivity contribution in [1.82, 2.24) is 40.3 Å². The van der Waals surface area contributed by atoms with E-state index in [1.165, 1.54) is 39.8 Å². The van der Waals surface area contributed by atoms with Gasteiger partial charge in [0, 0.05) is 29.9 Å². The summed E-state index contributed by atoms with van der Waals surface area (Å²) in [5, 5.41) is 16.8. The van der Waals surface area contributed by atoms with Crippen LogP contribution in [0.3, 0.4) is 0 Å². The third kappa shape index (κ3) is 8.29. The third-order valence-corrected chi connectivity index (χ3v) is 10.6. The van der Waals surface area contributed by atoms with Crippen LogP contribution in [-0.2, 0) is 41.6 Å². The summed E-state index contributed by atoms with van der Waals surface area (Å²) < 4.78 is 18.0. The second kappa shape index (κ2) is 15.4. The lowest BCUT2D eigenvalue weighted by molar-refractivity contribution is -0.173. The molecule has 16 nitrogen and oxygen atoms in total. The zero-order chi connectivity index (χ0) is 32.8. The van der Waals surface area contributed by atoms with Gasteiger partial charge in [0.2, 0.25) is 11.1 Å². The van der Waals surface area contributed by atoms with Crippen LogP contribution in [0.4, 0.5) is 9.93 Å². The number of thioether (sulfide) groups is 2. The standard InChI is InChI=1S/C27H37N9O7S3/c1-4-19(43-27(40)41-17-7-5-6-8-17)42-24(39)21-15(13-46-26-31-32-33-35(26)10-9-34(2)3)12-44-23-20(22(38)36(21)23)30-18(37)11-16-14-45-25(28)29-16/h14,17,19-20,23H,4-13H2,1-3H3,(H2,28,29)(H,30,37)/t19?,20-,23+/m1/s1. The minimum Gasteiger partial charge on any atom is -0.431 e. The highest BCUT2D eigenvalue weighted by Crippen LogP contribution is 2.42. The third-order valence-electron chi connectivity index (χ3n) is 7.47. The van der Waals surface area contributed by atoms with E-state index in [1.54, 1.807) is 17.0 Å². The van der Waals surface area contributed by atoms with Gasteiger partial charge >= 0.3 is 12.1 Å². The highest BCUT2D eigenvalue weighted by atomic mass is 32.2. The summed E-state index contributed by atoms with van der Waals surface area (Å²) >= 11 is 3.98. The predicted octanol–water partition coefficient (Wildman–Crippen LogP) is 1.64. The number of rotatable bonds is 14. The fourth-order valence-electron chi connectivity index (χ4n) is 5.11. The SMILES string of the molecule is CCC(OC(=O)OC1CCCC1)OC(=O)C1=C(CSc2nnnn2CCN(C)C)CS[C@H]2[C@H](NC(=O)Cc3csc(N)n3)C(=O)N12. The fourth-order valence-corrected chi connectivity index (χ4v) is 8.06. The number of nitrogens with two attached hydrogens (primary N) is 1. The molecule has 1 saturated carbocycles. The monoisotopic (exact) mass is 695 g/mol. The van der Waals surface area contributed by atoms with Crippen molar-refractivity contribution in [2.75, 3.05) is 37.9 Å². The zero-order valence-corrected chi connectivity index (χ0v) is 28.2. The smallest absolute Gasteiger partial charge is 0.431 e. The van der Waals surface area contributed by atoms with Gasteiger partial charge in [-0.25, -0.2) is 19.3 Å². The van der Waals surface area contributed by atoms with Gasteiger partial charge in [-0.05, 0) is 55.8 Å². The average molecular weight is 696 g/mol. The number of anilines is 1. The number of esters is 1. The number of amides is 2. The van der Waals surface area contributed by atoms with Crippen molar-refractivity contribution >= 4 is 63.9 Å². The van der Waals surface area contributed by atoms with Gasteiger partial charge in [0.05, 0.1) is 18.7 Å². The van der Waals surface area contributed by atoms with Gasteiger partial charge in [0.25, 0.3) is 12.2 Å². The predicted molar refractivity (Wildman–Crippen MR) is 169 cm³/mol. The summed E-state index contributed by atoms with van der Waals surface area (Å²) in [6.07, 6.45) is 1.31. The lowest BCUT2D eigenvalue weighted by atomic mass is 10.0. The Kier molecular flexibility index (Phi) is 11.4. The molecule has 19 heteroatoms. The lowest BCUT2D eigenvalue weighted by Gasteiger charge is -2.49. The molecular formula is C27H37N9O7S3.